The molecule has 0 radical (unpaired) electrons. The Morgan fingerprint density at radius 1 is 1.24 bits per heavy atom. The van der Waals surface area contributed by atoms with Gasteiger partial charge in [0.05, 0.1) is 6.54 Å². The summed E-state index contributed by atoms with van der Waals surface area (Å²) in [5.74, 6) is -2.79. The Morgan fingerprint density at radius 3 is 2.41 bits per heavy atom. The van der Waals surface area contributed by atoms with E-state index in [0.717, 1.165) is 0 Å². The molecule has 17 heavy (non-hydrogen) atoms. The number of carbonyl (C=O) groups excluding carboxylic acids is 2. The Morgan fingerprint density at radius 2 is 1.88 bits per heavy atom. The first-order valence-electron chi connectivity index (χ1n) is 5.07. The molecule has 2 amide bonds. The van der Waals surface area contributed by atoms with Crippen LogP contribution in [0.25, 0.3) is 0 Å². The van der Waals surface area contributed by atoms with Gasteiger partial charge in [0.2, 0.25) is 5.91 Å². The molecule has 0 saturated heterocycles. The molecule has 0 saturated carbocycles. The fraction of sp³-hybridized carbons (Fsp3) is 0.778. The summed E-state index contributed by atoms with van der Waals surface area (Å²) in [4.78, 5) is 21.3. The third kappa shape index (κ3) is 8.49. The van der Waals surface area contributed by atoms with Crippen LogP contribution in [0.15, 0.2) is 0 Å². The molecule has 0 aliphatic heterocycles. The zero-order valence-electron chi connectivity index (χ0n) is 9.39. The van der Waals surface area contributed by atoms with Crippen molar-refractivity contribution < 1.29 is 27.5 Å². The maximum atomic E-state index is 11.7. The number of carbonyl (C=O) groups is 2. The molecule has 0 atom stereocenters. The molecular formula is C9H15F3N2O3. The maximum Gasteiger partial charge on any atom is 0.471 e. The second-order valence-electron chi connectivity index (χ2n) is 3.08. The minimum absolute atomic E-state index is 0.292. The number of halogens is 3. The molecule has 5 nitrogen and oxygen atoms in total. The summed E-state index contributed by atoms with van der Waals surface area (Å²) in [5, 5.41) is 3.81. The van der Waals surface area contributed by atoms with Gasteiger partial charge in [0.25, 0.3) is 0 Å². The summed E-state index contributed by atoms with van der Waals surface area (Å²) in [7, 11) is 0. The second-order valence-corrected chi connectivity index (χ2v) is 3.08. The van der Waals surface area contributed by atoms with Gasteiger partial charge in [0.1, 0.15) is 0 Å². The van der Waals surface area contributed by atoms with E-state index in [1.165, 1.54) is 5.32 Å². The van der Waals surface area contributed by atoms with Crippen LogP contribution in [-0.2, 0) is 14.3 Å². The topological polar surface area (TPSA) is 67.4 Å². The van der Waals surface area contributed by atoms with Crippen molar-refractivity contribution in [2.75, 3.05) is 26.3 Å². The van der Waals surface area contributed by atoms with Gasteiger partial charge in [-0.2, -0.15) is 13.2 Å². The number of amides is 2. The number of hydrogen-bond acceptors (Lipinski definition) is 3. The average Bonchev–Trinajstić information content (AvgIpc) is 2.24. The lowest BCUT2D eigenvalue weighted by atomic mass is 10.4. The first-order valence-corrected chi connectivity index (χ1v) is 5.07. The third-order valence-corrected chi connectivity index (χ3v) is 1.66. The maximum absolute atomic E-state index is 11.7. The van der Waals surface area contributed by atoms with E-state index >= 15 is 0 Å². The van der Waals surface area contributed by atoms with Crippen LogP contribution in [0.1, 0.15) is 13.3 Å². The second kappa shape index (κ2) is 7.88. The molecule has 0 aromatic heterocycles. The van der Waals surface area contributed by atoms with Gasteiger partial charge in [0, 0.05) is 19.8 Å². The highest BCUT2D eigenvalue weighted by atomic mass is 19.4. The predicted octanol–water partition coefficient (Wildman–Crippen LogP) is 0.208. The number of nitrogens with one attached hydrogen (secondary N) is 2. The summed E-state index contributed by atoms with van der Waals surface area (Å²) in [5.41, 5.74) is 0. The van der Waals surface area contributed by atoms with E-state index in [1.807, 2.05) is 6.92 Å². The van der Waals surface area contributed by atoms with E-state index in [4.69, 9.17) is 4.74 Å². The molecule has 8 heteroatoms. The molecule has 0 unspecified atom stereocenters. The van der Waals surface area contributed by atoms with Gasteiger partial charge in [-0.25, -0.2) is 0 Å². The Hall–Kier alpha value is -1.31. The Balaban J connectivity index is 3.57. The molecule has 0 aromatic carbocycles. The van der Waals surface area contributed by atoms with Gasteiger partial charge in [-0.05, 0) is 13.3 Å². The lowest BCUT2D eigenvalue weighted by Crippen LogP contribution is -2.43. The number of rotatable bonds is 7. The van der Waals surface area contributed by atoms with Crippen LogP contribution in [0, 0.1) is 0 Å². The van der Waals surface area contributed by atoms with Crippen LogP contribution in [0.5, 0.6) is 0 Å². The minimum Gasteiger partial charge on any atom is -0.382 e. The first kappa shape index (κ1) is 15.7. The van der Waals surface area contributed by atoms with Crippen molar-refractivity contribution in [3.8, 4) is 0 Å². The molecule has 0 aliphatic carbocycles. The summed E-state index contributed by atoms with van der Waals surface area (Å²) in [6.07, 6.45) is -4.40. The highest BCUT2D eigenvalue weighted by Crippen LogP contribution is 2.13. The summed E-state index contributed by atoms with van der Waals surface area (Å²) < 4.78 is 40.2. The molecule has 0 bridgehead atoms. The molecule has 2 N–H and O–H groups in total. The van der Waals surface area contributed by atoms with Gasteiger partial charge in [-0.1, -0.05) is 0 Å². The van der Waals surface area contributed by atoms with E-state index < -0.39 is 24.5 Å². The monoisotopic (exact) mass is 256 g/mol. The van der Waals surface area contributed by atoms with Crippen molar-refractivity contribution in [3.05, 3.63) is 0 Å². The SMILES string of the molecule is CCOCCCNC(=O)CNC(=O)C(F)(F)F. The predicted molar refractivity (Wildman–Crippen MR) is 53.2 cm³/mol. The highest BCUT2D eigenvalue weighted by Gasteiger charge is 2.38. The van der Waals surface area contributed by atoms with Crippen LogP contribution in [0.3, 0.4) is 0 Å². The average molecular weight is 256 g/mol. The van der Waals surface area contributed by atoms with E-state index in [1.54, 1.807) is 0 Å². The molecule has 0 aromatic rings. The highest BCUT2D eigenvalue weighted by molar-refractivity contribution is 5.87. The molecule has 0 spiro atoms. The van der Waals surface area contributed by atoms with Crippen LogP contribution in [0.2, 0.25) is 0 Å². The first-order chi connectivity index (χ1) is 7.88. The Bertz CT molecular complexity index is 256. The minimum atomic E-state index is -4.96. The van der Waals surface area contributed by atoms with Gasteiger partial charge >= 0.3 is 12.1 Å². The normalized spacial score (nSPS) is 11.1. The quantitative estimate of drug-likeness (QED) is 0.640. The van der Waals surface area contributed by atoms with Crippen LogP contribution < -0.4 is 10.6 Å². The lowest BCUT2D eigenvalue weighted by Gasteiger charge is -2.08. The molecular weight excluding hydrogens is 241 g/mol. The summed E-state index contributed by atoms with van der Waals surface area (Å²) in [6, 6.07) is 0. The standard InChI is InChI=1S/C9H15F3N2O3/c1-2-17-5-3-4-13-7(15)6-14-8(16)9(10,11)12/h2-6H2,1H3,(H,13,15)(H,14,16). The van der Waals surface area contributed by atoms with Gasteiger partial charge in [-0.3, -0.25) is 9.59 Å². The molecule has 0 rings (SSSR count). The van der Waals surface area contributed by atoms with Crippen LogP contribution >= 0.6 is 0 Å². The van der Waals surface area contributed by atoms with E-state index in [0.29, 0.717) is 26.2 Å². The van der Waals surface area contributed by atoms with Crippen LogP contribution in [-0.4, -0.2) is 44.3 Å². The van der Waals surface area contributed by atoms with Crippen molar-refractivity contribution in [3.63, 3.8) is 0 Å². The number of ether oxygens (including phenoxy) is 1. The summed E-state index contributed by atoms with van der Waals surface area (Å²) in [6.45, 7) is 2.46. The van der Waals surface area contributed by atoms with E-state index in [9.17, 15) is 22.8 Å². The number of alkyl halides is 3. The van der Waals surface area contributed by atoms with Crippen molar-refractivity contribution in [1.29, 1.82) is 0 Å². The van der Waals surface area contributed by atoms with Crippen molar-refractivity contribution in [2.24, 2.45) is 0 Å². The fourth-order valence-electron chi connectivity index (χ4n) is 0.870. The van der Waals surface area contributed by atoms with Gasteiger partial charge in [-0.15, -0.1) is 0 Å². The van der Waals surface area contributed by atoms with Crippen molar-refractivity contribution in [2.45, 2.75) is 19.5 Å². The molecule has 100 valence electrons. The van der Waals surface area contributed by atoms with Gasteiger partial charge in [0.15, 0.2) is 0 Å². The van der Waals surface area contributed by atoms with Gasteiger partial charge < -0.3 is 15.4 Å². The van der Waals surface area contributed by atoms with Crippen molar-refractivity contribution >= 4 is 11.8 Å². The zero-order chi connectivity index (χ0) is 13.3. The molecule has 0 heterocycles. The largest absolute Gasteiger partial charge is 0.471 e. The molecule has 0 fully saturated rings. The van der Waals surface area contributed by atoms with Crippen molar-refractivity contribution in [1.82, 2.24) is 10.6 Å². The number of hydrogen-bond donors (Lipinski definition) is 2. The summed E-state index contributed by atoms with van der Waals surface area (Å²) >= 11 is 0. The van der Waals surface area contributed by atoms with E-state index in [-0.39, 0.29) is 0 Å². The third-order valence-electron chi connectivity index (χ3n) is 1.66. The van der Waals surface area contributed by atoms with Crippen LogP contribution in [0.4, 0.5) is 13.2 Å². The van der Waals surface area contributed by atoms with E-state index in [2.05, 4.69) is 5.32 Å². The fourth-order valence-corrected chi connectivity index (χ4v) is 0.870. The Kier molecular flexibility index (Phi) is 7.27. The zero-order valence-corrected chi connectivity index (χ0v) is 9.39. The smallest absolute Gasteiger partial charge is 0.382 e. The lowest BCUT2D eigenvalue weighted by molar-refractivity contribution is -0.173. The molecule has 0 aliphatic rings. The Labute approximate surface area is 96.7 Å².